The molecule has 3 nitrogen and oxygen atoms in total. The summed E-state index contributed by atoms with van der Waals surface area (Å²) in [5.41, 5.74) is -0.373. The predicted octanol–water partition coefficient (Wildman–Crippen LogP) is 1.58. The summed E-state index contributed by atoms with van der Waals surface area (Å²) in [5.74, 6) is 0. The van der Waals surface area contributed by atoms with Crippen LogP contribution in [0.3, 0.4) is 0 Å². The Bertz CT molecular complexity index is 69.8. The predicted molar refractivity (Wildman–Crippen MR) is 31.8 cm³/mol. The van der Waals surface area contributed by atoms with E-state index in [1.807, 2.05) is 0 Å². The molecule has 0 aromatic heterocycles. The summed E-state index contributed by atoms with van der Waals surface area (Å²) in [7, 11) is 0. The Hall–Kier alpha value is 0.534. The summed E-state index contributed by atoms with van der Waals surface area (Å²) >= 11 is 0. The van der Waals surface area contributed by atoms with Crippen molar-refractivity contribution in [1.82, 2.24) is 0 Å². The Kier molecular flexibility index (Phi) is 12.0. The van der Waals surface area contributed by atoms with Crippen molar-refractivity contribution in [3.63, 3.8) is 0 Å². The van der Waals surface area contributed by atoms with Crippen molar-refractivity contribution < 1.29 is 42.2 Å². The van der Waals surface area contributed by atoms with Gasteiger partial charge in [0.2, 0.25) is 0 Å². The first-order valence-corrected chi connectivity index (χ1v) is 2.11. The molecule has 0 bridgehead atoms. The van der Waals surface area contributed by atoms with Crippen LogP contribution in [0.15, 0.2) is 0 Å². The molecule has 0 aromatic rings. The van der Waals surface area contributed by atoms with Gasteiger partial charge in [0.25, 0.3) is 0 Å². The molecule has 0 saturated heterocycles. The van der Waals surface area contributed by atoms with Gasteiger partial charge in [0.05, 0.1) is 5.60 Å². The van der Waals surface area contributed by atoms with Gasteiger partial charge >= 0.3 is 0 Å². The van der Waals surface area contributed by atoms with Crippen molar-refractivity contribution >= 4 is 6.47 Å². The average molecular weight is 206 g/mol. The first-order valence-electron chi connectivity index (χ1n) is 2.11. The van der Waals surface area contributed by atoms with Gasteiger partial charge in [0.1, 0.15) is 0 Å². The first-order chi connectivity index (χ1) is 3.06. The van der Waals surface area contributed by atoms with Gasteiger partial charge in [0, 0.05) is 32.7 Å². The van der Waals surface area contributed by atoms with Crippen molar-refractivity contribution in [3.8, 4) is 0 Å². The van der Waals surface area contributed by atoms with Crippen LogP contribution in [0.5, 0.6) is 0 Å². The van der Waals surface area contributed by atoms with Crippen molar-refractivity contribution in [2.24, 2.45) is 0 Å². The van der Waals surface area contributed by atoms with E-state index >= 15 is 0 Å². The van der Waals surface area contributed by atoms with Gasteiger partial charge in [-0.2, -0.15) is 0 Å². The van der Waals surface area contributed by atoms with E-state index in [1.54, 1.807) is 20.8 Å². The van der Waals surface area contributed by atoms with E-state index in [1.165, 1.54) is 6.47 Å². The molecule has 0 amide bonds. The molecule has 0 unspecified atom stereocenters. The largest absolute Gasteiger partial charge is 0.693 e. The van der Waals surface area contributed by atoms with Crippen molar-refractivity contribution in [3.05, 3.63) is 6.15 Å². The SMILES string of the molecule is CC(C)(C)O[C-]=O.[NH2-].[Y]. The number of nitrogens with two attached hydrogens (primary N) is 1. The quantitative estimate of drug-likeness (QED) is 0.611. The fourth-order valence-corrected chi connectivity index (χ4v) is 0.125. The summed E-state index contributed by atoms with van der Waals surface area (Å²) in [6.07, 6.45) is 0. The van der Waals surface area contributed by atoms with Gasteiger partial charge in [0.15, 0.2) is 0 Å². The average Bonchev–Trinajstić information content (AvgIpc) is 1.30. The number of ether oxygens (including phenoxy) is 1. The minimum atomic E-state index is -0.373. The normalized spacial score (nSPS) is 8.33. The third kappa shape index (κ3) is 17.7. The molecule has 0 aliphatic heterocycles. The Labute approximate surface area is 81.0 Å². The van der Waals surface area contributed by atoms with Crippen molar-refractivity contribution in [1.29, 1.82) is 0 Å². The Morgan fingerprint density at radius 2 is 1.67 bits per heavy atom. The molecule has 0 heterocycles. The molecular formula is C5H11NO2Y-2. The Balaban J connectivity index is -0.000000180. The Morgan fingerprint density at radius 1 is 1.33 bits per heavy atom. The maximum atomic E-state index is 9.47. The maximum absolute atomic E-state index is 9.47. The zero-order valence-corrected chi connectivity index (χ0v) is 8.81. The molecule has 9 heavy (non-hydrogen) atoms. The molecule has 0 aliphatic rings. The minimum absolute atomic E-state index is 0. The van der Waals surface area contributed by atoms with E-state index in [2.05, 4.69) is 4.74 Å². The molecule has 4 heteroatoms. The molecule has 0 fully saturated rings. The van der Waals surface area contributed by atoms with Gasteiger partial charge in [-0.25, -0.2) is 0 Å². The number of rotatable bonds is 1. The van der Waals surface area contributed by atoms with Gasteiger partial charge in [-0.15, -0.1) is 0 Å². The van der Waals surface area contributed by atoms with Gasteiger partial charge < -0.3 is 15.7 Å². The van der Waals surface area contributed by atoms with Crippen LogP contribution in [-0.4, -0.2) is 12.1 Å². The molecular weight excluding hydrogens is 195 g/mol. The smallest absolute Gasteiger partial charge is 0.0623 e. The van der Waals surface area contributed by atoms with Crippen LogP contribution in [0.1, 0.15) is 20.8 Å². The van der Waals surface area contributed by atoms with Crippen LogP contribution < -0.4 is 0 Å². The molecule has 0 atom stereocenters. The topological polar surface area (TPSA) is 59.8 Å². The molecule has 0 aliphatic carbocycles. The number of carbonyl (C=O) groups excluding carboxylic acids is 1. The summed E-state index contributed by atoms with van der Waals surface area (Å²) in [6, 6.07) is 0. The zero-order valence-electron chi connectivity index (χ0n) is 5.97. The second kappa shape index (κ2) is 6.65. The summed E-state index contributed by atoms with van der Waals surface area (Å²) < 4.78 is 4.42. The van der Waals surface area contributed by atoms with E-state index in [-0.39, 0.29) is 44.5 Å². The third-order valence-corrected chi connectivity index (χ3v) is 0.348. The van der Waals surface area contributed by atoms with E-state index in [4.69, 9.17) is 0 Å². The first kappa shape index (κ1) is 16.3. The van der Waals surface area contributed by atoms with Crippen LogP contribution >= 0.6 is 0 Å². The molecule has 2 N–H and O–H groups in total. The second-order valence-electron chi connectivity index (χ2n) is 2.30. The van der Waals surface area contributed by atoms with Crippen molar-refractivity contribution in [2.75, 3.05) is 0 Å². The molecule has 0 rings (SSSR count). The van der Waals surface area contributed by atoms with Crippen LogP contribution in [0.2, 0.25) is 0 Å². The van der Waals surface area contributed by atoms with E-state index in [9.17, 15) is 4.79 Å². The summed E-state index contributed by atoms with van der Waals surface area (Å²) in [6.45, 7) is 6.73. The summed E-state index contributed by atoms with van der Waals surface area (Å²) in [4.78, 5) is 9.47. The monoisotopic (exact) mass is 206 g/mol. The molecule has 1 radical (unpaired) electrons. The number of hydrogen-bond donors (Lipinski definition) is 0. The summed E-state index contributed by atoms with van der Waals surface area (Å²) in [5, 5.41) is 0. The minimum Gasteiger partial charge on any atom is -0.693 e. The van der Waals surface area contributed by atoms with Gasteiger partial charge in [-0.05, 0) is 20.8 Å². The van der Waals surface area contributed by atoms with E-state index in [0.29, 0.717) is 0 Å². The standard InChI is InChI=1S/C5H9O2.H2N.Y/c1-5(2,3)7-4-6;;/h1-3H3;1H2;/q2*-1;. The molecule has 53 valence electrons. The van der Waals surface area contributed by atoms with Crippen LogP contribution in [0, 0.1) is 0 Å². The number of hydrogen-bond acceptors (Lipinski definition) is 2. The fourth-order valence-electron chi connectivity index (χ4n) is 0.125. The van der Waals surface area contributed by atoms with E-state index in [0.717, 1.165) is 0 Å². The Morgan fingerprint density at radius 3 is 1.67 bits per heavy atom. The molecule has 0 saturated carbocycles. The van der Waals surface area contributed by atoms with Crippen LogP contribution in [0.4, 0.5) is 0 Å². The zero-order chi connectivity index (χ0) is 5.91. The van der Waals surface area contributed by atoms with Gasteiger partial charge in [-0.3, -0.25) is 0 Å². The van der Waals surface area contributed by atoms with Crippen molar-refractivity contribution in [2.45, 2.75) is 26.4 Å². The molecule has 0 aromatic carbocycles. The van der Waals surface area contributed by atoms with Crippen LogP contribution in [-0.2, 0) is 42.2 Å². The van der Waals surface area contributed by atoms with E-state index < -0.39 is 0 Å². The maximum Gasteiger partial charge on any atom is 0.0623 e. The fraction of sp³-hybridized carbons (Fsp3) is 0.800. The van der Waals surface area contributed by atoms with Crippen LogP contribution in [0.25, 0.3) is 6.15 Å². The third-order valence-electron chi connectivity index (χ3n) is 0.348. The second-order valence-corrected chi connectivity index (χ2v) is 2.30. The molecule has 0 spiro atoms. The van der Waals surface area contributed by atoms with Gasteiger partial charge in [-0.1, -0.05) is 6.47 Å².